The number of methoxy groups -OCH3 is 1. The van der Waals surface area contributed by atoms with E-state index in [1.165, 1.54) is 21.3 Å². The number of rotatable bonds is 3. The summed E-state index contributed by atoms with van der Waals surface area (Å²) in [4.78, 5) is 37.1. The van der Waals surface area contributed by atoms with Gasteiger partial charge in [0.2, 0.25) is 0 Å². The van der Waals surface area contributed by atoms with Gasteiger partial charge in [0.15, 0.2) is 0 Å². The highest BCUT2D eigenvalue weighted by atomic mass is 16.7. The Morgan fingerprint density at radius 2 is 1.80 bits per heavy atom. The molecule has 0 rings (SSSR count). The zero-order valence-electron chi connectivity index (χ0n) is 8.64. The van der Waals surface area contributed by atoms with Crippen molar-refractivity contribution in [3.63, 3.8) is 0 Å². The van der Waals surface area contributed by atoms with Crippen molar-refractivity contribution < 1.29 is 24.0 Å². The van der Waals surface area contributed by atoms with E-state index < -0.39 is 17.9 Å². The molecular formula is C8H12N2O5. The summed E-state index contributed by atoms with van der Waals surface area (Å²) in [5.41, 5.74) is 0. The Morgan fingerprint density at radius 1 is 1.20 bits per heavy atom. The van der Waals surface area contributed by atoms with Crippen LogP contribution in [0.15, 0.2) is 12.2 Å². The molecule has 0 atom stereocenters. The van der Waals surface area contributed by atoms with Crippen molar-refractivity contribution in [3.8, 4) is 0 Å². The van der Waals surface area contributed by atoms with Gasteiger partial charge in [-0.05, 0) is 0 Å². The summed E-state index contributed by atoms with van der Waals surface area (Å²) in [7, 11) is 3.77. The van der Waals surface area contributed by atoms with Crippen molar-refractivity contribution >= 4 is 17.9 Å². The third kappa shape index (κ3) is 5.42. The van der Waals surface area contributed by atoms with Crippen LogP contribution >= 0.6 is 0 Å². The van der Waals surface area contributed by atoms with Crippen LogP contribution < -0.4 is 5.32 Å². The minimum atomic E-state index is -0.741. The number of carbonyl (C=O) groups is 3. The molecule has 0 aliphatic rings. The molecule has 0 saturated heterocycles. The highest BCUT2D eigenvalue weighted by Crippen LogP contribution is 1.84. The number of urea groups is 1. The van der Waals surface area contributed by atoms with E-state index in [1.807, 2.05) is 5.32 Å². The molecule has 0 radical (unpaired) electrons. The average molecular weight is 216 g/mol. The number of esters is 1. The summed E-state index contributed by atoms with van der Waals surface area (Å²) < 4.78 is 4.25. The first-order chi connectivity index (χ1) is 7.01. The number of amides is 3. The molecule has 0 spiro atoms. The molecule has 0 aliphatic carbocycles. The van der Waals surface area contributed by atoms with E-state index in [9.17, 15) is 14.4 Å². The average Bonchev–Trinajstić information content (AvgIpc) is 2.24. The van der Waals surface area contributed by atoms with Gasteiger partial charge in [-0.2, -0.15) is 0 Å². The van der Waals surface area contributed by atoms with Crippen LogP contribution in [0.4, 0.5) is 4.79 Å². The normalized spacial score (nSPS) is 9.80. The van der Waals surface area contributed by atoms with Crippen LogP contribution in [-0.2, 0) is 19.2 Å². The Labute approximate surface area is 86.6 Å². The summed E-state index contributed by atoms with van der Waals surface area (Å²) >= 11 is 0. The predicted molar refractivity (Wildman–Crippen MR) is 49.5 cm³/mol. The lowest BCUT2D eigenvalue weighted by molar-refractivity contribution is -0.135. The largest absolute Gasteiger partial charge is 0.466 e. The van der Waals surface area contributed by atoms with Crippen molar-refractivity contribution in [2.24, 2.45) is 0 Å². The number of hydrogen-bond acceptors (Lipinski definition) is 5. The molecule has 0 fully saturated rings. The van der Waals surface area contributed by atoms with Crippen LogP contribution in [0.25, 0.3) is 0 Å². The van der Waals surface area contributed by atoms with Gasteiger partial charge in [0, 0.05) is 19.2 Å². The van der Waals surface area contributed by atoms with Crippen molar-refractivity contribution in [2.75, 3.05) is 21.3 Å². The number of carbonyl (C=O) groups excluding carboxylic acids is 3. The van der Waals surface area contributed by atoms with Crippen LogP contribution in [0.5, 0.6) is 0 Å². The van der Waals surface area contributed by atoms with Crippen LogP contribution in [-0.4, -0.2) is 44.2 Å². The fraction of sp³-hybridized carbons (Fsp3) is 0.375. The van der Waals surface area contributed by atoms with Gasteiger partial charge in [0.1, 0.15) is 0 Å². The van der Waals surface area contributed by atoms with Gasteiger partial charge in [0.05, 0.1) is 14.2 Å². The Balaban J connectivity index is 4.10. The van der Waals surface area contributed by atoms with Crippen molar-refractivity contribution in [1.29, 1.82) is 0 Å². The Hall–Kier alpha value is -1.89. The van der Waals surface area contributed by atoms with E-state index in [0.717, 1.165) is 17.2 Å². The van der Waals surface area contributed by atoms with Gasteiger partial charge in [-0.1, -0.05) is 0 Å². The molecule has 0 aromatic carbocycles. The van der Waals surface area contributed by atoms with E-state index in [4.69, 9.17) is 0 Å². The van der Waals surface area contributed by atoms with E-state index in [0.29, 0.717) is 0 Å². The first-order valence-electron chi connectivity index (χ1n) is 3.90. The van der Waals surface area contributed by atoms with E-state index >= 15 is 0 Å². The first kappa shape index (κ1) is 13.1. The molecule has 0 aromatic rings. The molecule has 7 nitrogen and oxygen atoms in total. The zero-order valence-corrected chi connectivity index (χ0v) is 8.64. The molecule has 1 N–H and O–H groups in total. The Bertz CT molecular complexity index is 287. The molecule has 0 saturated carbocycles. The molecule has 0 bridgehead atoms. The lowest BCUT2D eigenvalue weighted by Crippen LogP contribution is -2.39. The van der Waals surface area contributed by atoms with Gasteiger partial charge in [0.25, 0.3) is 5.91 Å². The van der Waals surface area contributed by atoms with Gasteiger partial charge in [-0.3, -0.25) is 14.9 Å². The maximum atomic E-state index is 11.0. The first-order valence-corrected chi connectivity index (χ1v) is 3.90. The lowest BCUT2D eigenvalue weighted by atomic mass is 10.5. The molecule has 3 amide bonds. The van der Waals surface area contributed by atoms with Crippen LogP contribution in [0.3, 0.4) is 0 Å². The summed E-state index contributed by atoms with van der Waals surface area (Å²) in [6.45, 7) is 0. The SMILES string of the molecule is COC(=O)/C=C/C(=O)NC(=O)N(C)OC. The molecular weight excluding hydrogens is 204 g/mol. The monoisotopic (exact) mass is 216 g/mol. The minimum Gasteiger partial charge on any atom is -0.466 e. The van der Waals surface area contributed by atoms with Crippen molar-refractivity contribution in [3.05, 3.63) is 12.2 Å². The second kappa shape index (κ2) is 6.55. The highest BCUT2D eigenvalue weighted by molar-refractivity contribution is 6.02. The Morgan fingerprint density at radius 3 is 2.27 bits per heavy atom. The number of nitrogens with one attached hydrogen (secondary N) is 1. The van der Waals surface area contributed by atoms with Crippen LogP contribution in [0.2, 0.25) is 0 Å². The number of hydroxylamine groups is 2. The minimum absolute atomic E-state index is 0.683. The number of hydrogen-bond donors (Lipinski definition) is 1. The van der Waals surface area contributed by atoms with Gasteiger partial charge in [-0.15, -0.1) is 0 Å². The maximum absolute atomic E-state index is 11.0. The fourth-order valence-corrected chi connectivity index (χ4v) is 0.520. The molecule has 84 valence electrons. The van der Waals surface area contributed by atoms with E-state index in [-0.39, 0.29) is 0 Å². The second-order valence-electron chi connectivity index (χ2n) is 2.33. The summed E-state index contributed by atoms with van der Waals surface area (Å²) in [5.74, 6) is -1.42. The maximum Gasteiger partial charge on any atom is 0.347 e. The van der Waals surface area contributed by atoms with Crippen LogP contribution in [0.1, 0.15) is 0 Å². The summed E-state index contributed by atoms with van der Waals surface area (Å²) in [6.07, 6.45) is 1.78. The molecule has 7 heteroatoms. The van der Waals surface area contributed by atoms with Crippen molar-refractivity contribution in [1.82, 2.24) is 10.4 Å². The topological polar surface area (TPSA) is 84.9 Å². The van der Waals surface area contributed by atoms with Crippen molar-refractivity contribution in [2.45, 2.75) is 0 Å². The molecule has 0 aromatic heterocycles. The summed E-state index contributed by atoms with van der Waals surface area (Å²) in [5, 5.41) is 2.76. The molecule has 15 heavy (non-hydrogen) atoms. The third-order valence-electron chi connectivity index (χ3n) is 1.36. The molecule has 0 unspecified atom stereocenters. The zero-order chi connectivity index (χ0) is 11.8. The van der Waals surface area contributed by atoms with E-state index in [1.54, 1.807) is 0 Å². The van der Waals surface area contributed by atoms with E-state index in [2.05, 4.69) is 9.57 Å². The standard InChI is InChI=1S/C8H12N2O5/c1-10(15-3)8(13)9-6(11)4-5-7(12)14-2/h4-5H,1-3H3,(H,9,11,13)/b5-4+. The smallest absolute Gasteiger partial charge is 0.347 e. The fourth-order valence-electron chi connectivity index (χ4n) is 0.520. The quantitative estimate of drug-likeness (QED) is 0.388. The Kier molecular flexibility index (Phi) is 5.72. The number of imide groups is 1. The second-order valence-corrected chi connectivity index (χ2v) is 2.33. The van der Waals surface area contributed by atoms with Gasteiger partial charge >= 0.3 is 12.0 Å². The predicted octanol–water partition coefficient (Wildman–Crippen LogP) is -0.555. The third-order valence-corrected chi connectivity index (χ3v) is 1.36. The molecule has 0 heterocycles. The molecule has 0 aliphatic heterocycles. The van der Waals surface area contributed by atoms with Gasteiger partial charge in [-0.25, -0.2) is 14.7 Å². The number of ether oxygens (including phenoxy) is 1. The summed E-state index contributed by atoms with van der Waals surface area (Å²) in [6, 6.07) is -0.739. The highest BCUT2D eigenvalue weighted by Gasteiger charge is 2.09. The number of nitrogens with zero attached hydrogens (tertiary/aromatic N) is 1. The van der Waals surface area contributed by atoms with Crippen LogP contribution in [0, 0.1) is 0 Å². The lowest BCUT2D eigenvalue weighted by Gasteiger charge is -2.12. The van der Waals surface area contributed by atoms with Gasteiger partial charge < -0.3 is 4.74 Å².